The van der Waals surface area contributed by atoms with Crippen LogP contribution >= 0.6 is 57.6 Å². The summed E-state index contributed by atoms with van der Waals surface area (Å²) in [6.07, 6.45) is 3.16. The highest BCUT2D eigenvalue weighted by molar-refractivity contribution is 8.02. The van der Waals surface area contributed by atoms with E-state index in [9.17, 15) is 9.90 Å². The topological polar surface area (TPSA) is 87.5 Å². The van der Waals surface area contributed by atoms with Crippen LogP contribution in [0.4, 0.5) is 10.8 Å². The Hall–Kier alpha value is -2.17. The van der Waals surface area contributed by atoms with E-state index < -0.39 is 0 Å². The van der Waals surface area contributed by atoms with Gasteiger partial charge in [0.15, 0.2) is 9.47 Å². The summed E-state index contributed by atoms with van der Waals surface area (Å²) in [7, 11) is 0. The number of thioether (sulfide) groups is 1. The zero-order chi connectivity index (χ0) is 22.0. The average molecular weight is 509 g/mol. The van der Waals surface area contributed by atoms with E-state index in [2.05, 4.69) is 20.3 Å². The van der Waals surface area contributed by atoms with Crippen molar-refractivity contribution in [1.29, 1.82) is 0 Å². The Kier molecular flexibility index (Phi) is 6.78. The number of fused-ring (bicyclic) bond motifs is 1. The second-order valence-electron chi connectivity index (χ2n) is 6.30. The predicted octanol–water partition coefficient (Wildman–Crippen LogP) is 6.64. The van der Waals surface area contributed by atoms with Gasteiger partial charge in [0, 0.05) is 28.4 Å². The molecule has 0 fully saturated rings. The lowest BCUT2D eigenvalue weighted by Gasteiger charge is -2.07. The highest BCUT2D eigenvalue weighted by Crippen LogP contribution is 2.35. The van der Waals surface area contributed by atoms with Crippen molar-refractivity contribution in [2.24, 2.45) is 4.99 Å². The number of aromatic hydroxyl groups is 1. The van der Waals surface area contributed by atoms with E-state index in [1.165, 1.54) is 46.7 Å². The number of amides is 1. The summed E-state index contributed by atoms with van der Waals surface area (Å²) in [4.78, 5) is 25.4. The smallest absolute Gasteiger partial charge is 0.239 e. The Morgan fingerprint density at radius 2 is 2.16 bits per heavy atom. The van der Waals surface area contributed by atoms with Crippen LogP contribution in [0, 0.1) is 0 Å². The number of aliphatic imine (C=N–C) groups is 1. The molecule has 6 nitrogen and oxygen atoms in total. The van der Waals surface area contributed by atoms with Crippen LogP contribution < -0.4 is 5.32 Å². The maximum atomic E-state index is 12.3. The van der Waals surface area contributed by atoms with Gasteiger partial charge in [0.2, 0.25) is 5.91 Å². The molecule has 2 heterocycles. The van der Waals surface area contributed by atoms with Gasteiger partial charge < -0.3 is 10.4 Å². The van der Waals surface area contributed by atoms with E-state index in [0.29, 0.717) is 21.4 Å². The minimum Gasteiger partial charge on any atom is -0.506 e. The van der Waals surface area contributed by atoms with Gasteiger partial charge in [-0.3, -0.25) is 9.79 Å². The number of halogens is 2. The number of phenolic OH excluding ortho intramolecular Hbond substituents is 1. The van der Waals surface area contributed by atoms with Gasteiger partial charge in [-0.05, 0) is 37.3 Å². The number of carbonyl (C=O) groups excluding carboxylic acids is 1. The highest BCUT2D eigenvalue weighted by Gasteiger charge is 2.18. The lowest BCUT2D eigenvalue weighted by molar-refractivity contribution is -0.115. The molecule has 0 aliphatic heterocycles. The number of anilines is 1. The fourth-order valence-electron chi connectivity index (χ4n) is 2.55. The van der Waals surface area contributed by atoms with Crippen LogP contribution in [0.1, 0.15) is 12.5 Å². The van der Waals surface area contributed by atoms with E-state index in [0.717, 1.165) is 14.6 Å². The molecule has 11 heteroatoms. The van der Waals surface area contributed by atoms with E-state index in [4.69, 9.17) is 23.2 Å². The molecule has 1 atom stereocenters. The molecule has 31 heavy (non-hydrogen) atoms. The van der Waals surface area contributed by atoms with Gasteiger partial charge in [0.25, 0.3) is 0 Å². The number of nitrogens with zero attached hydrogens (tertiary/aromatic N) is 3. The minimum absolute atomic E-state index is 0.0719. The summed E-state index contributed by atoms with van der Waals surface area (Å²) in [5.41, 5.74) is 1.95. The molecule has 0 radical (unpaired) electrons. The van der Waals surface area contributed by atoms with Crippen LogP contribution in [-0.4, -0.2) is 32.4 Å². The van der Waals surface area contributed by atoms with Gasteiger partial charge in [0.1, 0.15) is 5.75 Å². The van der Waals surface area contributed by atoms with Gasteiger partial charge in [-0.1, -0.05) is 35.0 Å². The molecule has 0 bridgehead atoms. The summed E-state index contributed by atoms with van der Waals surface area (Å²) in [5.74, 6) is -0.193. The third kappa shape index (κ3) is 5.36. The summed E-state index contributed by atoms with van der Waals surface area (Å²) >= 11 is 16.2. The summed E-state index contributed by atoms with van der Waals surface area (Å²) in [6.45, 7) is 1.83. The monoisotopic (exact) mass is 508 g/mol. The number of nitrogens with one attached hydrogen (secondary N) is 1. The molecule has 158 valence electrons. The van der Waals surface area contributed by atoms with E-state index in [1.54, 1.807) is 12.3 Å². The quantitative estimate of drug-likeness (QED) is 0.225. The molecule has 1 amide bonds. The lowest BCUT2D eigenvalue weighted by atomic mass is 10.2. The Morgan fingerprint density at radius 1 is 1.32 bits per heavy atom. The van der Waals surface area contributed by atoms with Gasteiger partial charge in [0.05, 0.1) is 26.2 Å². The zero-order valence-corrected chi connectivity index (χ0v) is 19.8. The first-order chi connectivity index (χ1) is 14.9. The number of benzene rings is 2. The Balaban J connectivity index is 1.49. The van der Waals surface area contributed by atoms with Crippen molar-refractivity contribution >= 4 is 90.8 Å². The van der Waals surface area contributed by atoms with Gasteiger partial charge in [-0.2, -0.15) is 0 Å². The van der Waals surface area contributed by atoms with Crippen molar-refractivity contribution in [2.75, 3.05) is 5.32 Å². The number of hydrogen-bond acceptors (Lipinski definition) is 8. The van der Waals surface area contributed by atoms with Crippen molar-refractivity contribution in [3.63, 3.8) is 0 Å². The minimum atomic E-state index is -0.322. The second kappa shape index (κ2) is 9.54. The van der Waals surface area contributed by atoms with Crippen molar-refractivity contribution in [3.05, 3.63) is 57.5 Å². The van der Waals surface area contributed by atoms with Crippen molar-refractivity contribution < 1.29 is 9.90 Å². The molecule has 0 aliphatic rings. The Morgan fingerprint density at radius 3 is 2.94 bits per heavy atom. The molecule has 4 aromatic rings. The largest absolute Gasteiger partial charge is 0.506 e. The highest BCUT2D eigenvalue weighted by atomic mass is 35.5. The van der Waals surface area contributed by atoms with E-state index >= 15 is 0 Å². The summed E-state index contributed by atoms with van der Waals surface area (Å²) in [6, 6.07) is 8.65. The van der Waals surface area contributed by atoms with Crippen molar-refractivity contribution in [1.82, 2.24) is 9.97 Å². The maximum Gasteiger partial charge on any atom is 0.239 e. The van der Waals surface area contributed by atoms with Crippen LogP contribution in [-0.2, 0) is 4.79 Å². The summed E-state index contributed by atoms with van der Waals surface area (Å²) in [5, 5.41) is 15.5. The van der Waals surface area contributed by atoms with E-state index in [1.807, 2.05) is 30.5 Å². The molecule has 2 N–H and O–H groups in total. The first kappa shape index (κ1) is 22.0. The predicted molar refractivity (Wildman–Crippen MR) is 131 cm³/mol. The number of hydrogen-bond donors (Lipinski definition) is 2. The Bertz CT molecular complexity index is 1280. The number of phenols is 1. The van der Waals surface area contributed by atoms with Gasteiger partial charge in [-0.15, -0.1) is 22.7 Å². The lowest BCUT2D eigenvalue weighted by Crippen LogP contribution is -2.22. The second-order valence-corrected chi connectivity index (χ2v) is 10.7. The van der Waals surface area contributed by atoms with Crippen LogP contribution in [0.5, 0.6) is 5.75 Å². The first-order valence-corrected chi connectivity index (χ1v) is 12.2. The van der Waals surface area contributed by atoms with Crippen LogP contribution in [0.3, 0.4) is 0 Å². The summed E-state index contributed by atoms with van der Waals surface area (Å²) < 4.78 is 1.73. The molecular weight excluding hydrogens is 495 g/mol. The molecule has 0 saturated carbocycles. The van der Waals surface area contributed by atoms with Crippen LogP contribution in [0.2, 0.25) is 10.0 Å². The van der Waals surface area contributed by atoms with E-state index in [-0.39, 0.29) is 21.9 Å². The Labute approximate surface area is 200 Å². The van der Waals surface area contributed by atoms with Crippen LogP contribution in [0.15, 0.2) is 51.2 Å². The molecule has 0 aliphatic carbocycles. The maximum absolute atomic E-state index is 12.3. The fraction of sp³-hybridized carbons (Fsp3) is 0.100. The molecule has 0 unspecified atom stereocenters. The molecule has 0 spiro atoms. The fourth-order valence-corrected chi connectivity index (χ4v) is 5.83. The molecule has 2 aromatic carbocycles. The first-order valence-electron chi connectivity index (χ1n) is 8.89. The van der Waals surface area contributed by atoms with Crippen molar-refractivity contribution in [3.8, 4) is 5.75 Å². The van der Waals surface area contributed by atoms with Crippen LogP contribution in [0.25, 0.3) is 10.2 Å². The number of thiazole rings is 2. The molecule has 4 rings (SSSR count). The third-order valence-corrected chi connectivity index (χ3v) is 7.48. The normalized spacial score (nSPS) is 12.5. The SMILES string of the molecule is C[C@@H](Sc1nc2ccc(N=Cc3cc(Cl)cc(Cl)c3O)cc2s1)C(=O)Nc1nccs1. The number of rotatable bonds is 6. The van der Waals surface area contributed by atoms with Crippen molar-refractivity contribution in [2.45, 2.75) is 16.5 Å². The zero-order valence-electron chi connectivity index (χ0n) is 15.9. The number of aromatic nitrogens is 2. The third-order valence-electron chi connectivity index (χ3n) is 4.07. The molecule has 2 aromatic heterocycles. The number of carbonyl (C=O) groups is 1. The average Bonchev–Trinajstić information content (AvgIpc) is 3.38. The van der Waals surface area contributed by atoms with Gasteiger partial charge in [-0.25, -0.2) is 9.97 Å². The molecular formula is C20H14Cl2N4O2S3. The standard InChI is InChI=1S/C20H14Cl2N4O2S3/c1-10(18(28)26-19-23-4-5-29-19)30-20-25-15-3-2-13(8-16(15)31-20)24-9-11-6-12(21)7-14(22)17(11)27/h2-10,27H,1H3,(H,23,26,28)/t10-/m1/s1. The molecule has 0 saturated heterocycles. The van der Waals surface area contributed by atoms with Gasteiger partial charge >= 0.3 is 0 Å².